The maximum Gasteiger partial charge on any atom is 0.293 e. The Labute approximate surface area is 191 Å². The smallest absolute Gasteiger partial charge is 0.293 e. The van der Waals surface area contributed by atoms with E-state index in [1.54, 1.807) is 9.80 Å². The van der Waals surface area contributed by atoms with Crippen LogP contribution in [0.3, 0.4) is 0 Å². The van der Waals surface area contributed by atoms with E-state index in [-0.39, 0.29) is 44.5 Å². The van der Waals surface area contributed by atoms with E-state index < -0.39 is 16.6 Å². The van der Waals surface area contributed by atoms with E-state index in [1.807, 2.05) is 0 Å². The van der Waals surface area contributed by atoms with Crippen molar-refractivity contribution in [2.45, 2.75) is 17.6 Å². The molecular weight excluding hydrogens is 466 g/mol. The summed E-state index contributed by atoms with van der Waals surface area (Å²) in [6, 6.07) is 8.40. The molecule has 0 atom stereocenters. The molecule has 32 heavy (non-hydrogen) atoms. The zero-order chi connectivity index (χ0) is 23.4. The number of thioether (sulfide) groups is 1. The number of benzene rings is 2. The summed E-state index contributed by atoms with van der Waals surface area (Å²) >= 11 is 6.18. The first-order valence-corrected chi connectivity index (χ1v) is 10.8. The fourth-order valence-corrected chi connectivity index (χ4v) is 4.26. The first kappa shape index (κ1) is 23.7. The van der Waals surface area contributed by atoms with Crippen LogP contribution in [0.2, 0.25) is 5.02 Å². The molecule has 0 unspecified atom stereocenters. The number of rotatable bonds is 6. The molecule has 2 amide bonds. The lowest BCUT2D eigenvalue weighted by atomic mass is 10.1. The van der Waals surface area contributed by atoms with Crippen molar-refractivity contribution in [3.05, 3.63) is 57.1 Å². The molecule has 1 aliphatic rings. The second kappa shape index (κ2) is 10.1. The van der Waals surface area contributed by atoms with Gasteiger partial charge in [-0.25, -0.2) is 0 Å². The van der Waals surface area contributed by atoms with Crippen molar-refractivity contribution in [3.63, 3.8) is 0 Å². The van der Waals surface area contributed by atoms with Crippen LogP contribution in [0.5, 0.6) is 0 Å². The summed E-state index contributed by atoms with van der Waals surface area (Å²) in [5.41, 5.74) is 0.157. The fourth-order valence-electron chi connectivity index (χ4n) is 3.35. The van der Waals surface area contributed by atoms with E-state index in [0.29, 0.717) is 31.9 Å². The molecule has 0 bridgehead atoms. The third-order valence-electron chi connectivity index (χ3n) is 4.92. The van der Waals surface area contributed by atoms with Gasteiger partial charge in [0.25, 0.3) is 17.4 Å². The number of hydrogen-bond acceptors (Lipinski definition) is 6. The van der Waals surface area contributed by atoms with Crippen LogP contribution in [0.25, 0.3) is 0 Å². The van der Waals surface area contributed by atoms with E-state index in [9.17, 15) is 28.5 Å². The molecule has 1 aliphatic heterocycles. The molecule has 0 saturated carbocycles. The van der Waals surface area contributed by atoms with Crippen LogP contribution >= 0.6 is 23.4 Å². The number of nitrogens with one attached hydrogen (secondary N) is 1. The largest absolute Gasteiger partial charge is 0.362 e. The molecule has 0 radical (unpaired) electrons. The van der Waals surface area contributed by atoms with Gasteiger partial charge in [-0.15, -0.1) is 0 Å². The van der Waals surface area contributed by atoms with Gasteiger partial charge in [0.1, 0.15) is 5.69 Å². The van der Waals surface area contributed by atoms with Gasteiger partial charge in [-0.1, -0.05) is 29.4 Å². The van der Waals surface area contributed by atoms with Crippen LogP contribution in [0.1, 0.15) is 17.3 Å². The number of nitro groups is 1. The molecule has 1 N–H and O–H groups in total. The number of nitrogens with zero attached hydrogens (tertiary/aromatic N) is 3. The summed E-state index contributed by atoms with van der Waals surface area (Å²) < 4.78 is 25.7. The van der Waals surface area contributed by atoms with Crippen LogP contribution in [-0.4, -0.2) is 53.6 Å². The molecule has 2 aromatic rings. The lowest BCUT2D eigenvalue weighted by Crippen LogP contribution is -2.48. The molecule has 170 valence electrons. The minimum absolute atomic E-state index is 0.00389. The number of anilines is 2. The Morgan fingerprint density at radius 2 is 1.88 bits per heavy atom. The minimum Gasteiger partial charge on any atom is -0.362 e. The Morgan fingerprint density at radius 1 is 1.19 bits per heavy atom. The van der Waals surface area contributed by atoms with Gasteiger partial charge < -0.3 is 15.1 Å². The number of nitro benzene ring substituents is 1. The summed E-state index contributed by atoms with van der Waals surface area (Å²) in [5, 5.41) is 14.2. The van der Waals surface area contributed by atoms with E-state index >= 15 is 0 Å². The molecule has 0 aromatic heterocycles. The highest BCUT2D eigenvalue weighted by Gasteiger charge is 2.26. The number of alkyl halides is 2. The molecule has 8 nitrogen and oxygen atoms in total. The molecule has 1 saturated heterocycles. The minimum atomic E-state index is -2.74. The summed E-state index contributed by atoms with van der Waals surface area (Å²) in [6.45, 7) is 3.18. The van der Waals surface area contributed by atoms with Crippen molar-refractivity contribution in [2.75, 3.05) is 36.4 Å². The van der Waals surface area contributed by atoms with Crippen LogP contribution in [0, 0.1) is 10.1 Å². The van der Waals surface area contributed by atoms with Gasteiger partial charge in [0, 0.05) is 44.7 Å². The van der Waals surface area contributed by atoms with E-state index in [2.05, 4.69) is 5.32 Å². The van der Waals surface area contributed by atoms with Crippen molar-refractivity contribution < 1.29 is 23.3 Å². The highest BCUT2D eigenvalue weighted by atomic mass is 35.5. The van der Waals surface area contributed by atoms with Gasteiger partial charge in [0.05, 0.1) is 20.5 Å². The lowest BCUT2D eigenvalue weighted by Gasteiger charge is -2.35. The molecular formula is C20H19ClF2N4O4S. The second-order valence-corrected chi connectivity index (χ2v) is 8.31. The van der Waals surface area contributed by atoms with Gasteiger partial charge >= 0.3 is 0 Å². The Morgan fingerprint density at radius 3 is 2.47 bits per heavy atom. The topological polar surface area (TPSA) is 95.8 Å². The van der Waals surface area contributed by atoms with Crippen LogP contribution in [-0.2, 0) is 4.79 Å². The Balaban J connectivity index is 1.83. The van der Waals surface area contributed by atoms with E-state index in [0.717, 1.165) is 6.07 Å². The average molecular weight is 485 g/mol. The summed E-state index contributed by atoms with van der Waals surface area (Å²) in [5.74, 6) is -3.50. The quantitative estimate of drug-likeness (QED) is 0.369. The Kier molecular flexibility index (Phi) is 7.52. The number of carbonyl (C=O) groups excluding carboxylic acids is 2. The highest BCUT2D eigenvalue weighted by Crippen LogP contribution is 2.38. The summed E-state index contributed by atoms with van der Waals surface area (Å²) in [7, 11) is 0. The number of halogens is 3. The molecule has 0 aliphatic carbocycles. The van der Waals surface area contributed by atoms with E-state index in [4.69, 9.17) is 11.6 Å². The van der Waals surface area contributed by atoms with E-state index in [1.165, 1.54) is 37.3 Å². The number of hydrogen-bond donors (Lipinski definition) is 1. The lowest BCUT2D eigenvalue weighted by molar-refractivity contribution is -0.384. The van der Waals surface area contributed by atoms with Crippen molar-refractivity contribution in [3.8, 4) is 0 Å². The maximum atomic E-state index is 12.9. The predicted octanol–water partition coefficient (Wildman–Crippen LogP) is 4.48. The van der Waals surface area contributed by atoms with Crippen LogP contribution in [0.15, 0.2) is 41.3 Å². The first-order valence-electron chi connectivity index (χ1n) is 9.51. The molecule has 2 aromatic carbocycles. The zero-order valence-corrected chi connectivity index (χ0v) is 18.5. The SMILES string of the molecule is CC(=O)N1CCN(c2ccc(C(=O)Nc3cccc(Cl)c3SC(F)F)cc2[N+](=O)[O-])CC1. The van der Waals surface area contributed by atoms with Crippen molar-refractivity contribution in [1.82, 2.24) is 4.90 Å². The third kappa shape index (κ3) is 5.46. The van der Waals surface area contributed by atoms with Gasteiger partial charge in [0.2, 0.25) is 5.91 Å². The third-order valence-corrected chi connectivity index (χ3v) is 6.20. The zero-order valence-electron chi connectivity index (χ0n) is 16.9. The monoisotopic (exact) mass is 484 g/mol. The Bertz CT molecular complexity index is 1050. The fraction of sp³-hybridized carbons (Fsp3) is 0.300. The molecule has 1 fully saturated rings. The average Bonchev–Trinajstić information content (AvgIpc) is 2.75. The Hall–Kier alpha value is -2.92. The first-order chi connectivity index (χ1) is 15.2. The van der Waals surface area contributed by atoms with Gasteiger partial charge in [0.15, 0.2) is 0 Å². The van der Waals surface area contributed by atoms with Crippen LogP contribution < -0.4 is 10.2 Å². The second-order valence-electron chi connectivity index (χ2n) is 6.90. The summed E-state index contributed by atoms with van der Waals surface area (Å²) in [4.78, 5) is 38.7. The van der Waals surface area contributed by atoms with Gasteiger partial charge in [-0.05, 0) is 24.3 Å². The van der Waals surface area contributed by atoms with Crippen molar-refractivity contribution in [1.29, 1.82) is 0 Å². The van der Waals surface area contributed by atoms with Crippen molar-refractivity contribution in [2.24, 2.45) is 0 Å². The normalized spacial score (nSPS) is 13.9. The van der Waals surface area contributed by atoms with Crippen molar-refractivity contribution >= 4 is 52.2 Å². The maximum absolute atomic E-state index is 12.9. The molecule has 1 heterocycles. The van der Waals surface area contributed by atoms with Gasteiger partial charge in [-0.2, -0.15) is 8.78 Å². The predicted molar refractivity (Wildman–Crippen MR) is 119 cm³/mol. The molecule has 3 rings (SSSR count). The van der Waals surface area contributed by atoms with Gasteiger partial charge in [-0.3, -0.25) is 19.7 Å². The number of amides is 2. The number of piperazine rings is 1. The standard InChI is InChI=1S/C20H19ClF2N4O4S/c1-12(28)25-7-9-26(10-8-25)16-6-5-13(11-17(16)27(30)31)19(29)24-15-4-2-3-14(21)18(15)32-20(22)23/h2-6,11,20H,7-10H2,1H3,(H,24,29). The molecule has 0 spiro atoms. The molecule has 12 heteroatoms. The number of carbonyl (C=O) groups is 2. The van der Waals surface area contributed by atoms with Crippen LogP contribution in [0.4, 0.5) is 25.8 Å². The highest BCUT2D eigenvalue weighted by molar-refractivity contribution is 7.99. The summed E-state index contributed by atoms with van der Waals surface area (Å²) in [6.07, 6.45) is 0.